The first-order valence-electron chi connectivity index (χ1n) is 9.26. The fraction of sp³-hybridized carbons (Fsp3) is 0.318. The van der Waals surface area contributed by atoms with Crippen LogP contribution in [-0.4, -0.2) is 30.7 Å². The fourth-order valence-electron chi connectivity index (χ4n) is 3.45. The van der Waals surface area contributed by atoms with Crippen LogP contribution in [0.1, 0.15) is 48.0 Å². The molecule has 0 aromatic heterocycles. The highest BCUT2D eigenvalue weighted by molar-refractivity contribution is 7.91. The quantitative estimate of drug-likeness (QED) is 0.769. The molecule has 28 heavy (non-hydrogen) atoms. The second-order valence-electron chi connectivity index (χ2n) is 6.94. The number of hydrogen-bond acceptors (Lipinski definition) is 4. The molecule has 1 unspecified atom stereocenters. The minimum Gasteiger partial charge on any atom is -0.478 e. The van der Waals surface area contributed by atoms with Crippen molar-refractivity contribution in [1.82, 2.24) is 0 Å². The molecule has 3 rings (SSSR count). The van der Waals surface area contributed by atoms with Gasteiger partial charge in [-0.2, -0.15) is 0 Å². The highest BCUT2D eigenvalue weighted by Crippen LogP contribution is 2.27. The molecule has 0 aliphatic heterocycles. The number of hydrogen-bond donors (Lipinski definition) is 2. The van der Waals surface area contributed by atoms with Crippen LogP contribution in [-0.2, 0) is 9.84 Å². The number of aromatic carboxylic acids is 1. The summed E-state index contributed by atoms with van der Waals surface area (Å²) in [6, 6.07) is 11.7. The molecule has 2 aromatic carbocycles. The Morgan fingerprint density at radius 3 is 2.36 bits per heavy atom. The normalized spacial score (nSPS) is 16.0. The molecule has 0 heterocycles. The maximum atomic E-state index is 12.9. The van der Waals surface area contributed by atoms with Crippen molar-refractivity contribution in [3.63, 3.8) is 0 Å². The molecule has 1 atom stereocenters. The predicted molar refractivity (Wildman–Crippen MR) is 105 cm³/mol. The van der Waals surface area contributed by atoms with E-state index in [1.807, 2.05) is 0 Å². The highest BCUT2D eigenvalue weighted by Gasteiger charge is 2.25. The molecule has 0 spiro atoms. The average Bonchev–Trinajstić information content (AvgIpc) is 2.73. The van der Waals surface area contributed by atoms with E-state index in [0.29, 0.717) is 5.56 Å². The lowest BCUT2D eigenvalue weighted by Crippen LogP contribution is -2.21. The van der Waals surface area contributed by atoms with Gasteiger partial charge in [-0.25, -0.2) is 13.2 Å². The Morgan fingerprint density at radius 1 is 1.04 bits per heavy atom. The van der Waals surface area contributed by atoms with Crippen molar-refractivity contribution in [2.45, 2.75) is 48.0 Å². The lowest BCUT2D eigenvalue weighted by Gasteiger charge is -2.23. The van der Waals surface area contributed by atoms with E-state index in [2.05, 4.69) is 11.8 Å². The van der Waals surface area contributed by atoms with Crippen LogP contribution in [0.25, 0.3) is 0 Å². The Bertz CT molecular complexity index is 1010. The van der Waals surface area contributed by atoms with Crippen molar-refractivity contribution in [2.24, 2.45) is 5.92 Å². The van der Waals surface area contributed by atoms with Crippen LogP contribution in [0.3, 0.4) is 0 Å². The summed E-state index contributed by atoms with van der Waals surface area (Å²) in [5.74, 6) is 4.42. The molecular weight excluding hydrogens is 376 g/mol. The number of rotatable bonds is 4. The van der Waals surface area contributed by atoms with Crippen LogP contribution in [0.2, 0.25) is 0 Å². The number of aliphatic hydroxyl groups is 1. The molecule has 5 nitrogen and oxygen atoms in total. The summed E-state index contributed by atoms with van der Waals surface area (Å²) in [4.78, 5) is 11.3. The minimum atomic E-state index is -4.01. The van der Waals surface area contributed by atoms with Gasteiger partial charge in [0.2, 0.25) is 9.84 Å². The van der Waals surface area contributed by atoms with E-state index in [4.69, 9.17) is 0 Å². The standard InChI is InChI=1S/C22H22O5S/c23-20(17-7-3-1-4-8-17)14-12-16-11-13-19(22(24)25)21(15-16)28(26,27)18-9-5-2-6-10-18/h2,5-6,9-11,13,15,17,20,23H,1,3-4,7-8H2,(H,24,25). The van der Waals surface area contributed by atoms with Crippen molar-refractivity contribution >= 4 is 15.8 Å². The summed E-state index contributed by atoms with van der Waals surface area (Å²) in [6.45, 7) is 0. The Balaban J connectivity index is 1.97. The number of aliphatic hydroxyl groups excluding tert-OH is 1. The predicted octanol–water partition coefficient (Wildman–Crippen LogP) is 3.51. The van der Waals surface area contributed by atoms with Gasteiger partial charge < -0.3 is 10.2 Å². The van der Waals surface area contributed by atoms with Gasteiger partial charge in [-0.05, 0) is 49.1 Å². The van der Waals surface area contributed by atoms with E-state index in [1.54, 1.807) is 18.2 Å². The molecular formula is C22H22O5S. The van der Waals surface area contributed by atoms with Crippen molar-refractivity contribution in [3.05, 3.63) is 59.7 Å². The zero-order valence-corrected chi connectivity index (χ0v) is 16.2. The third kappa shape index (κ3) is 4.44. The van der Waals surface area contributed by atoms with Gasteiger partial charge in [0.15, 0.2) is 0 Å². The fourth-order valence-corrected chi connectivity index (χ4v) is 4.95. The smallest absolute Gasteiger partial charge is 0.337 e. The third-order valence-electron chi connectivity index (χ3n) is 5.02. The maximum absolute atomic E-state index is 12.9. The van der Waals surface area contributed by atoms with Crippen LogP contribution in [0.15, 0.2) is 58.3 Å². The van der Waals surface area contributed by atoms with Gasteiger partial charge in [0.1, 0.15) is 6.10 Å². The summed E-state index contributed by atoms with van der Waals surface area (Å²) in [5.41, 5.74) is 0.0524. The van der Waals surface area contributed by atoms with Crippen molar-refractivity contribution in [1.29, 1.82) is 0 Å². The summed E-state index contributed by atoms with van der Waals surface area (Å²) in [7, 11) is -4.01. The van der Waals surface area contributed by atoms with Crippen molar-refractivity contribution < 1.29 is 23.4 Å². The van der Waals surface area contributed by atoms with Crippen LogP contribution < -0.4 is 0 Å². The van der Waals surface area contributed by atoms with Gasteiger partial charge in [0, 0.05) is 5.56 Å². The number of carboxylic acids is 1. The van der Waals surface area contributed by atoms with E-state index >= 15 is 0 Å². The lowest BCUT2D eigenvalue weighted by molar-refractivity contribution is 0.0692. The lowest BCUT2D eigenvalue weighted by atomic mass is 9.85. The number of sulfone groups is 1. The Hall–Kier alpha value is -2.62. The second-order valence-corrected chi connectivity index (χ2v) is 8.86. The molecule has 6 heteroatoms. The largest absolute Gasteiger partial charge is 0.478 e. The number of carboxylic acid groups (broad SMARTS) is 1. The topological polar surface area (TPSA) is 91.7 Å². The molecule has 0 radical (unpaired) electrons. The monoisotopic (exact) mass is 398 g/mol. The Kier molecular flexibility index (Phi) is 6.18. The van der Waals surface area contributed by atoms with Gasteiger partial charge >= 0.3 is 5.97 Å². The number of benzene rings is 2. The first-order chi connectivity index (χ1) is 13.4. The summed E-state index contributed by atoms with van der Waals surface area (Å²) >= 11 is 0. The minimum absolute atomic E-state index is 0.0184. The first kappa shape index (κ1) is 20.1. The van der Waals surface area contributed by atoms with E-state index in [0.717, 1.165) is 25.7 Å². The SMILES string of the molecule is O=C(O)c1ccc(C#CC(O)C2CCCCC2)cc1S(=O)(=O)c1ccccc1. The van der Waals surface area contributed by atoms with Crippen LogP contribution in [0.4, 0.5) is 0 Å². The van der Waals surface area contributed by atoms with Crippen LogP contribution in [0.5, 0.6) is 0 Å². The van der Waals surface area contributed by atoms with Crippen LogP contribution in [0, 0.1) is 17.8 Å². The van der Waals surface area contributed by atoms with Gasteiger partial charge in [-0.15, -0.1) is 0 Å². The zero-order valence-electron chi connectivity index (χ0n) is 15.3. The van der Waals surface area contributed by atoms with Gasteiger partial charge in [0.05, 0.1) is 15.4 Å². The highest BCUT2D eigenvalue weighted by atomic mass is 32.2. The second kappa shape index (κ2) is 8.59. The van der Waals surface area contributed by atoms with Gasteiger partial charge in [-0.1, -0.05) is 49.3 Å². The van der Waals surface area contributed by atoms with E-state index in [1.165, 1.54) is 36.8 Å². The van der Waals surface area contributed by atoms with Crippen molar-refractivity contribution in [3.8, 4) is 11.8 Å². The molecule has 0 bridgehead atoms. The molecule has 0 saturated heterocycles. The zero-order chi connectivity index (χ0) is 20.1. The van der Waals surface area contributed by atoms with Crippen LogP contribution >= 0.6 is 0 Å². The molecule has 1 saturated carbocycles. The van der Waals surface area contributed by atoms with E-state index in [9.17, 15) is 23.4 Å². The molecule has 2 aromatic rings. The summed E-state index contributed by atoms with van der Waals surface area (Å²) in [6.07, 6.45) is 4.43. The molecule has 2 N–H and O–H groups in total. The maximum Gasteiger partial charge on any atom is 0.337 e. The molecule has 1 aliphatic carbocycles. The number of carbonyl (C=O) groups is 1. The van der Waals surface area contributed by atoms with Gasteiger partial charge in [-0.3, -0.25) is 0 Å². The Labute approximate surface area is 165 Å². The van der Waals surface area contributed by atoms with Crippen molar-refractivity contribution in [2.75, 3.05) is 0 Å². The summed E-state index contributed by atoms with van der Waals surface area (Å²) < 4.78 is 25.9. The first-order valence-corrected chi connectivity index (χ1v) is 10.7. The molecule has 1 aliphatic rings. The molecule has 1 fully saturated rings. The van der Waals surface area contributed by atoms with Gasteiger partial charge in [0.25, 0.3) is 0 Å². The summed E-state index contributed by atoms with van der Waals surface area (Å²) in [5, 5.41) is 19.7. The Morgan fingerprint density at radius 2 is 1.71 bits per heavy atom. The average molecular weight is 398 g/mol. The molecule has 146 valence electrons. The van der Waals surface area contributed by atoms with E-state index in [-0.39, 0.29) is 21.3 Å². The van der Waals surface area contributed by atoms with E-state index < -0.39 is 21.9 Å². The molecule has 0 amide bonds. The third-order valence-corrected chi connectivity index (χ3v) is 6.83.